The van der Waals surface area contributed by atoms with Gasteiger partial charge in [-0.2, -0.15) is 0 Å². The van der Waals surface area contributed by atoms with E-state index in [9.17, 15) is 4.79 Å². The van der Waals surface area contributed by atoms with Crippen LogP contribution in [0.25, 0.3) is 0 Å². The molecular weight excluding hydrogens is 242 g/mol. The highest BCUT2D eigenvalue weighted by molar-refractivity contribution is 5.81. The molecule has 0 spiro atoms. The molecule has 106 valence electrons. The number of nitrogens with zero attached hydrogens (tertiary/aromatic N) is 4. The minimum absolute atomic E-state index is 0.0446. The number of aromatic nitrogens is 2. The molecule has 1 aromatic rings. The summed E-state index contributed by atoms with van der Waals surface area (Å²) < 4.78 is 0. The van der Waals surface area contributed by atoms with Crippen molar-refractivity contribution in [3.63, 3.8) is 0 Å². The average molecular weight is 265 g/mol. The largest absolute Gasteiger partial charge is 0.370 e. The number of hydrogen-bond acceptors (Lipinski definition) is 5. The molecule has 0 aliphatic rings. The Bertz CT molecular complexity index is 459. The van der Waals surface area contributed by atoms with Crippen LogP contribution in [0.4, 0.5) is 11.6 Å². The maximum absolute atomic E-state index is 11.8. The van der Waals surface area contributed by atoms with E-state index in [0.717, 1.165) is 23.7 Å². The highest BCUT2D eigenvalue weighted by Gasteiger charge is 2.15. The molecule has 0 aliphatic heterocycles. The van der Waals surface area contributed by atoms with E-state index in [2.05, 4.69) is 15.3 Å². The van der Waals surface area contributed by atoms with Crippen LogP contribution < -0.4 is 10.2 Å². The Morgan fingerprint density at radius 3 is 2.37 bits per heavy atom. The third kappa shape index (κ3) is 3.81. The summed E-state index contributed by atoms with van der Waals surface area (Å²) in [4.78, 5) is 24.0. The fraction of sp³-hybridized carbons (Fsp3) is 0.615. The molecular formula is C13H23N5O. The van der Waals surface area contributed by atoms with Crippen LogP contribution in [0, 0.1) is 13.8 Å². The van der Waals surface area contributed by atoms with Crippen molar-refractivity contribution < 1.29 is 4.79 Å². The third-order valence-electron chi connectivity index (χ3n) is 2.81. The normalized spacial score (nSPS) is 10.2. The molecule has 6 nitrogen and oxygen atoms in total. The summed E-state index contributed by atoms with van der Waals surface area (Å²) in [6.45, 7) is 6.94. The molecule has 0 bridgehead atoms. The van der Waals surface area contributed by atoms with E-state index in [1.807, 2.05) is 32.7 Å². The van der Waals surface area contributed by atoms with E-state index in [4.69, 9.17) is 0 Å². The van der Waals surface area contributed by atoms with Crippen LogP contribution in [0.15, 0.2) is 0 Å². The fourth-order valence-electron chi connectivity index (χ4n) is 1.74. The van der Waals surface area contributed by atoms with Gasteiger partial charge in [-0.3, -0.25) is 4.79 Å². The lowest BCUT2D eigenvalue weighted by atomic mass is 10.2. The van der Waals surface area contributed by atoms with Gasteiger partial charge >= 0.3 is 0 Å². The van der Waals surface area contributed by atoms with Gasteiger partial charge in [0.1, 0.15) is 17.5 Å². The molecule has 0 radical (unpaired) electrons. The van der Waals surface area contributed by atoms with E-state index < -0.39 is 0 Å². The second kappa shape index (κ2) is 6.36. The molecule has 0 atom stereocenters. The van der Waals surface area contributed by atoms with Gasteiger partial charge in [-0.05, 0) is 20.8 Å². The Morgan fingerprint density at radius 2 is 1.84 bits per heavy atom. The Morgan fingerprint density at radius 1 is 1.21 bits per heavy atom. The van der Waals surface area contributed by atoms with Gasteiger partial charge in [-0.15, -0.1) is 0 Å². The molecule has 0 fully saturated rings. The van der Waals surface area contributed by atoms with Crippen LogP contribution in [0.2, 0.25) is 0 Å². The Balaban J connectivity index is 3.02. The molecule has 1 amide bonds. The first-order chi connectivity index (χ1) is 8.86. The molecule has 0 saturated heterocycles. The van der Waals surface area contributed by atoms with E-state index in [1.165, 1.54) is 0 Å². The zero-order valence-corrected chi connectivity index (χ0v) is 12.6. The van der Waals surface area contributed by atoms with Crippen LogP contribution in [0.1, 0.15) is 18.3 Å². The number of aryl methyl sites for hydroxylation is 1. The fourth-order valence-corrected chi connectivity index (χ4v) is 1.74. The van der Waals surface area contributed by atoms with Crippen molar-refractivity contribution in [1.29, 1.82) is 0 Å². The number of amides is 1. The summed E-state index contributed by atoms with van der Waals surface area (Å²) in [7, 11) is 5.36. The Hall–Kier alpha value is -1.85. The number of anilines is 2. The van der Waals surface area contributed by atoms with Crippen molar-refractivity contribution in [3.05, 3.63) is 11.4 Å². The molecule has 1 rings (SSSR count). The number of rotatable bonds is 5. The summed E-state index contributed by atoms with van der Waals surface area (Å²) in [6, 6.07) is 0. The SMILES string of the molecule is CCNc1nc(C)nc(N(C)CC(=O)N(C)C)c1C. The van der Waals surface area contributed by atoms with Crippen molar-refractivity contribution in [2.75, 3.05) is 44.4 Å². The number of carbonyl (C=O) groups excluding carboxylic acids is 1. The first kappa shape index (κ1) is 15.2. The van der Waals surface area contributed by atoms with Crippen LogP contribution in [-0.2, 0) is 4.79 Å². The molecule has 6 heteroatoms. The van der Waals surface area contributed by atoms with Crippen LogP contribution in [0.5, 0.6) is 0 Å². The number of hydrogen-bond donors (Lipinski definition) is 1. The highest BCUT2D eigenvalue weighted by atomic mass is 16.2. The Labute approximate surface area is 114 Å². The van der Waals surface area contributed by atoms with E-state index in [1.54, 1.807) is 19.0 Å². The van der Waals surface area contributed by atoms with Gasteiger partial charge in [0, 0.05) is 33.3 Å². The zero-order valence-electron chi connectivity index (χ0n) is 12.6. The van der Waals surface area contributed by atoms with Crippen molar-refractivity contribution in [3.8, 4) is 0 Å². The van der Waals surface area contributed by atoms with Crippen LogP contribution >= 0.6 is 0 Å². The van der Waals surface area contributed by atoms with Crippen molar-refractivity contribution in [2.24, 2.45) is 0 Å². The lowest BCUT2D eigenvalue weighted by molar-refractivity contribution is -0.127. The quantitative estimate of drug-likeness (QED) is 0.862. The lowest BCUT2D eigenvalue weighted by Crippen LogP contribution is -2.35. The van der Waals surface area contributed by atoms with Gasteiger partial charge in [0.25, 0.3) is 0 Å². The van der Waals surface area contributed by atoms with Gasteiger partial charge in [0.05, 0.1) is 6.54 Å². The minimum atomic E-state index is 0.0446. The summed E-state index contributed by atoms with van der Waals surface area (Å²) >= 11 is 0. The minimum Gasteiger partial charge on any atom is -0.370 e. The maximum atomic E-state index is 11.8. The molecule has 19 heavy (non-hydrogen) atoms. The molecule has 1 aromatic heterocycles. The predicted molar refractivity (Wildman–Crippen MR) is 77.6 cm³/mol. The molecule has 1 N–H and O–H groups in total. The smallest absolute Gasteiger partial charge is 0.241 e. The summed E-state index contributed by atoms with van der Waals surface area (Å²) in [6.07, 6.45) is 0. The number of carbonyl (C=O) groups is 1. The highest BCUT2D eigenvalue weighted by Crippen LogP contribution is 2.22. The molecule has 1 heterocycles. The summed E-state index contributed by atoms with van der Waals surface area (Å²) in [5.41, 5.74) is 0.960. The molecule has 0 saturated carbocycles. The predicted octanol–water partition coefficient (Wildman–Crippen LogP) is 1.05. The van der Waals surface area contributed by atoms with Crippen molar-refractivity contribution >= 4 is 17.5 Å². The van der Waals surface area contributed by atoms with Crippen LogP contribution in [-0.4, -0.2) is 55.0 Å². The second-order valence-electron chi connectivity index (χ2n) is 4.74. The zero-order chi connectivity index (χ0) is 14.6. The molecule has 0 aromatic carbocycles. The van der Waals surface area contributed by atoms with Crippen molar-refractivity contribution in [2.45, 2.75) is 20.8 Å². The number of likely N-dealkylation sites (N-methyl/N-ethyl adjacent to an activating group) is 2. The van der Waals surface area contributed by atoms with E-state index in [-0.39, 0.29) is 5.91 Å². The summed E-state index contributed by atoms with van der Waals surface area (Å²) in [5.74, 6) is 2.36. The second-order valence-corrected chi connectivity index (χ2v) is 4.74. The van der Waals surface area contributed by atoms with E-state index >= 15 is 0 Å². The lowest BCUT2D eigenvalue weighted by Gasteiger charge is -2.23. The molecule has 0 aliphatic carbocycles. The number of nitrogens with one attached hydrogen (secondary N) is 1. The third-order valence-corrected chi connectivity index (χ3v) is 2.81. The molecule has 0 unspecified atom stereocenters. The average Bonchev–Trinajstić information content (AvgIpc) is 2.33. The van der Waals surface area contributed by atoms with Gasteiger partial charge in [-0.25, -0.2) is 9.97 Å². The van der Waals surface area contributed by atoms with Crippen molar-refractivity contribution in [1.82, 2.24) is 14.9 Å². The first-order valence-corrected chi connectivity index (χ1v) is 6.37. The summed E-state index contributed by atoms with van der Waals surface area (Å²) in [5, 5.41) is 3.21. The van der Waals surface area contributed by atoms with Gasteiger partial charge < -0.3 is 15.1 Å². The van der Waals surface area contributed by atoms with Gasteiger partial charge in [-0.1, -0.05) is 0 Å². The Kier molecular flexibility index (Phi) is 5.09. The van der Waals surface area contributed by atoms with Gasteiger partial charge in [0.2, 0.25) is 5.91 Å². The van der Waals surface area contributed by atoms with Crippen LogP contribution in [0.3, 0.4) is 0 Å². The van der Waals surface area contributed by atoms with E-state index in [0.29, 0.717) is 12.4 Å². The topological polar surface area (TPSA) is 61.4 Å². The monoisotopic (exact) mass is 265 g/mol. The first-order valence-electron chi connectivity index (χ1n) is 6.37. The maximum Gasteiger partial charge on any atom is 0.241 e. The van der Waals surface area contributed by atoms with Gasteiger partial charge in [0.15, 0.2) is 0 Å². The standard InChI is InChI=1S/C13H23N5O/c1-7-14-12-9(2)13(16-10(3)15-12)18(6)8-11(19)17(4)5/h7-8H2,1-6H3,(H,14,15,16).